The number of aromatic nitrogens is 2. The van der Waals surface area contributed by atoms with Crippen molar-refractivity contribution < 1.29 is 4.79 Å². The molecule has 5 nitrogen and oxygen atoms in total. The SMILES string of the molecule is Cc1cc(C)cc(NC(=O)c2cnc(N3CCc4ccccc4C3)cn2)c1. The fourth-order valence-electron chi connectivity index (χ4n) is 3.54. The normalized spacial score (nSPS) is 13.2. The van der Waals surface area contributed by atoms with Crippen LogP contribution in [0.1, 0.15) is 32.7 Å². The third-order valence-electron chi connectivity index (χ3n) is 4.81. The lowest BCUT2D eigenvalue weighted by Crippen LogP contribution is -2.31. The van der Waals surface area contributed by atoms with Crippen LogP contribution in [0.5, 0.6) is 0 Å². The smallest absolute Gasteiger partial charge is 0.275 e. The van der Waals surface area contributed by atoms with Crippen LogP contribution in [0.4, 0.5) is 11.5 Å². The van der Waals surface area contributed by atoms with Gasteiger partial charge in [-0.3, -0.25) is 4.79 Å². The molecule has 1 aliphatic rings. The first-order valence-corrected chi connectivity index (χ1v) is 9.12. The Morgan fingerprint density at radius 3 is 2.44 bits per heavy atom. The highest BCUT2D eigenvalue weighted by Crippen LogP contribution is 2.22. The van der Waals surface area contributed by atoms with Crippen LogP contribution in [-0.2, 0) is 13.0 Å². The molecule has 1 aromatic heterocycles. The highest BCUT2D eigenvalue weighted by Gasteiger charge is 2.18. The van der Waals surface area contributed by atoms with Gasteiger partial charge < -0.3 is 10.2 Å². The largest absolute Gasteiger partial charge is 0.351 e. The van der Waals surface area contributed by atoms with Crippen LogP contribution in [0.2, 0.25) is 0 Å². The molecule has 1 amide bonds. The number of fused-ring (bicyclic) bond motifs is 1. The summed E-state index contributed by atoms with van der Waals surface area (Å²) >= 11 is 0. The van der Waals surface area contributed by atoms with Crippen molar-refractivity contribution in [2.45, 2.75) is 26.8 Å². The van der Waals surface area contributed by atoms with Gasteiger partial charge in [0.2, 0.25) is 0 Å². The third-order valence-corrected chi connectivity index (χ3v) is 4.81. The molecule has 0 unspecified atom stereocenters. The molecule has 0 bridgehead atoms. The lowest BCUT2D eigenvalue weighted by molar-refractivity contribution is 0.102. The van der Waals surface area contributed by atoms with Gasteiger partial charge in [-0.2, -0.15) is 0 Å². The maximum Gasteiger partial charge on any atom is 0.275 e. The zero-order chi connectivity index (χ0) is 18.8. The van der Waals surface area contributed by atoms with E-state index in [0.29, 0.717) is 5.69 Å². The standard InChI is InChI=1S/C22H22N4O/c1-15-9-16(2)11-19(10-15)25-22(27)20-12-24-21(13-23-20)26-8-7-17-5-3-4-6-18(17)14-26/h3-6,9-13H,7-8,14H2,1-2H3,(H,25,27). The van der Waals surface area contributed by atoms with Crippen LogP contribution in [-0.4, -0.2) is 22.4 Å². The fraction of sp³-hybridized carbons (Fsp3) is 0.227. The summed E-state index contributed by atoms with van der Waals surface area (Å²) in [5.41, 5.74) is 6.02. The number of anilines is 2. The van der Waals surface area contributed by atoms with E-state index in [4.69, 9.17) is 0 Å². The van der Waals surface area contributed by atoms with Crippen LogP contribution in [0.25, 0.3) is 0 Å². The molecule has 4 rings (SSSR count). The van der Waals surface area contributed by atoms with Gasteiger partial charge >= 0.3 is 0 Å². The van der Waals surface area contributed by atoms with Crippen molar-refractivity contribution in [3.63, 3.8) is 0 Å². The summed E-state index contributed by atoms with van der Waals surface area (Å²) in [6, 6.07) is 14.4. The number of nitrogens with zero attached hydrogens (tertiary/aromatic N) is 3. The molecule has 0 fully saturated rings. The van der Waals surface area contributed by atoms with Crippen LogP contribution in [0.3, 0.4) is 0 Å². The number of nitrogens with one attached hydrogen (secondary N) is 1. The molecule has 2 heterocycles. The van der Waals surface area contributed by atoms with Gasteiger partial charge in [-0.1, -0.05) is 30.3 Å². The molecule has 136 valence electrons. The number of carbonyl (C=O) groups is 1. The second-order valence-electron chi connectivity index (χ2n) is 7.03. The Kier molecular flexibility index (Phi) is 4.59. The molecule has 0 spiro atoms. The van der Waals surface area contributed by atoms with Gasteiger partial charge in [0.25, 0.3) is 5.91 Å². The van der Waals surface area contributed by atoms with Crippen molar-refractivity contribution in [2.75, 3.05) is 16.8 Å². The second kappa shape index (κ2) is 7.19. The van der Waals surface area contributed by atoms with Crippen molar-refractivity contribution in [1.29, 1.82) is 0 Å². The van der Waals surface area contributed by atoms with Crippen LogP contribution in [0, 0.1) is 13.8 Å². The molecule has 0 atom stereocenters. The minimum Gasteiger partial charge on any atom is -0.351 e. The molecule has 5 heteroatoms. The number of carbonyl (C=O) groups excluding carboxylic acids is 1. The molecular formula is C22H22N4O. The van der Waals surface area contributed by atoms with Crippen molar-refractivity contribution in [3.05, 3.63) is 82.8 Å². The summed E-state index contributed by atoms with van der Waals surface area (Å²) in [6.07, 6.45) is 4.23. The summed E-state index contributed by atoms with van der Waals surface area (Å²) in [7, 11) is 0. The lowest BCUT2D eigenvalue weighted by atomic mass is 10.0. The number of benzene rings is 2. The van der Waals surface area contributed by atoms with Crippen molar-refractivity contribution >= 4 is 17.4 Å². The topological polar surface area (TPSA) is 58.1 Å². The lowest BCUT2D eigenvalue weighted by Gasteiger charge is -2.29. The van der Waals surface area contributed by atoms with Crippen molar-refractivity contribution in [1.82, 2.24) is 9.97 Å². The maximum atomic E-state index is 12.5. The molecule has 1 N–H and O–H groups in total. The van der Waals surface area contributed by atoms with E-state index in [9.17, 15) is 4.79 Å². The van der Waals surface area contributed by atoms with Gasteiger partial charge in [0.15, 0.2) is 0 Å². The van der Waals surface area contributed by atoms with Crippen molar-refractivity contribution in [3.8, 4) is 0 Å². The summed E-state index contributed by atoms with van der Waals surface area (Å²) in [4.78, 5) is 23.5. The molecule has 1 aliphatic heterocycles. The Hall–Kier alpha value is -3.21. The molecule has 0 saturated carbocycles. The van der Waals surface area contributed by atoms with Crippen LogP contribution >= 0.6 is 0 Å². The first-order chi connectivity index (χ1) is 13.1. The minimum atomic E-state index is -0.247. The molecule has 0 aliphatic carbocycles. The van der Waals surface area contributed by atoms with Gasteiger partial charge in [0.05, 0.1) is 12.4 Å². The molecule has 2 aromatic carbocycles. The number of aryl methyl sites for hydroxylation is 2. The maximum absolute atomic E-state index is 12.5. The minimum absolute atomic E-state index is 0.247. The van der Waals surface area contributed by atoms with E-state index in [1.807, 2.05) is 26.0 Å². The van der Waals surface area contributed by atoms with E-state index in [1.54, 1.807) is 12.4 Å². The molecule has 27 heavy (non-hydrogen) atoms. The predicted molar refractivity (Wildman–Crippen MR) is 107 cm³/mol. The Labute approximate surface area is 159 Å². The first kappa shape index (κ1) is 17.2. The van der Waals surface area contributed by atoms with E-state index in [-0.39, 0.29) is 5.91 Å². The average molecular weight is 358 g/mol. The van der Waals surface area contributed by atoms with Crippen LogP contribution < -0.4 is 10.2 Å². The number of hydrogen-bond donors (Lipinski definition) is 1. The Bertz CT molecular complexity index is 962. The zero-order valence-electron chi connectivity index (χ0n) is 15.6. The Balaban J connectivity index is 1.47. The van der Waals surface area contributed by atoms with Gasteiger partial charge in [0.1, 0.15) is 11.5 Å². The monoisotopic (exact) mass is 358 g/mol. The predicted octanol–water partition coefficient (Wildman–Crippen LogP) is 3.91. The van der Waals surface area contributed by atoms with E-state index < -0.39 is 0 Å². The Morgan fingerprint density at radius 1 is 1.00 bits per heavy atom. The molecule has 0 radical (unpaired) electrons. The molecule has 0 saturated heterocycles. The Morgan fingerprint density at radius 2 is 1.74 bits per heavy atom. The summed E-state index contributed by atoms with van der Waals surface area (Å²) in [6.45, 7) is 5.74. The van der Waals surface area contributed by atoms with Gasteiger partial charge in [-0.15, -0.1) is 0 Å². The summed E-state index contributed by atoms with van der Waals surface area (Å²) in [5.74, 6) is 0.551. The van der Waals surface area contributed by atoms with Crippen LogP contribution in [0.15, 0.2) is 54.9 Å². The summed E-state index contributed by atoms with van der Waals surface area (Å²) in [5, 5.41) is 2.90. The van der Waals surface area contributed by atoms with E-state index in [1.165, 1.54) is 11.1 Å². The van der Waals surface area contributed by atoms with E-state index in [0.717, 1.165) is 42.1 Å². The number of rotatable bonds is 3. The van der Waals surface area contributed by atoms with Gasteiger partial charge in [-0.05, 0) is 54.7 Å². The van der Waals surface area contributed by atoms with Gasteiger partial charge in [0, 0.05) is 18.8 Å². The molecule has 3 aromatic rings. The first-order valence-electron chi connectivity index (χ1n) is 9.12. The summed E-state index contributed by atoms with van der Waals surface area (Å²) < 4.78 is 0. The quantitative estimate of drug-likeness (QED) is 0.771. The zero-order valence-corrected chi connectivity index (χ0v) is 15.6. The second-order valence-corrected chi connectivity index (χ2v) is 7.03. The van der Waals surface area contributed by atoms with E-state index >= 15 is 0 Å². The highest BCUT2D eigenvalue weighted by molar-refractivity contribution is 6.02. The average Bonchev–Trinajstić information content (AvgIpc) is 2.67. The van der Waals surface area contributed by atoms with Gasteiger partial charge in [-0.25, -0.2) is 9.97 Å². The number of amides is 1. The fourth-order valence-corrected chi connectivity index (χ4v) is 3.54. The highest BCUT2D eigenvalue weighted by atomic mass is 16.1. The number of hydrogen-bond acceptors (Lipinski definition) is 4. The van der Waals surface area contributed by atoms with E-state index in [2.05, 4.69) is 50.5 Å². The molecular weight excluding hydrogens is 336 g/mol. The third kappa shape index (κ3) is 3.82. The van der Waals surface area contributed by atoms with Crippen molar-refractivity contribution in [2.24, 2.45) is 0 Å².